The van der Waals surface area contributed by atoms with Gasteiger partial charge in [-0.2, -0.15) is 5.06 Å². The largest absolute Gasteiger partial charge is 0.281 e. The zero-order valence-electron chi connectivity index (χ0n) is 10.4. The van der Waals surface area contributed by atoms with Crippen LogP contribution in [0.3, 0.4) is 0 Å². The van der Waals surface area contributed by atoms with E-state index in [9.17, 15) is 10.0 Å². The summed E-state index contributed by atoms with van der Waals surface area (Å²) in [6.07, 6.45) is 5.90. The molecule has 1 aromatic carbocycles. The summed E-state index contributed by atoms with van der Waals surface area (Å²) < 4.78 is 0. The summed E-state index contributed by atoms with van der Waals surface area (Å²) in [6.45, 7) is 2.16. The van der Waals surface area contributed by atoms with E-state index in [1.807, 2.05) is 6.07 Å². The van der Waals surface area contributed by atoms with Gasteiger partial charge in [0.1, 0.15) is 0 Å². The SMILES string of the molecule is CCCCCCCC(=O)N(O)c1ccccc1. The zero-order chi connectivity index (χ0) is 12.5. The van der Waals surface area contributed by atoms with Gasteiger partial charge in [0, 0.05) is 6.42 Å². The molecule has 0 aliphatic rings. The van der Waals surface area contributed by atoms with Crippen molar-refractivity contribution < 1.29 is 10.0 Å². The third-order valence-electron chi connectivity index (χ3n) is 2.73. The first kappa shape index (κ1) is 13.7. The molecule has 1 N–H and O–H groups in total. The number of hydroxylamine groups is 1. The quantitative estimate of drug-likeness (QED) is 0.444. The Bertz CT molecular complexity index is 324. The molecule has 17 heavy (non-hydrogen) atoms. The van der Waals surface area contributed by atoms with Gasteiger partial charge in [-0.1, -0.05) is 50.8 Å². The molecule has 0 atom stereocenters. The molecule has 1 rings (SSSR count). The van der Waals surface area contributed by atoms with Crippen molar-refractivity contribution in [1.82, 2.24) is 0 Å². The summed E-state index contributed by atoms with van der Waals surface area (Å²) in [7, 11) is 0. The van der Waals surface area contributed by atoms with Crippen LogP contribution in [0.25, 0.3) is 0 Å². The third kappa shape index (κ3) is 5.00. The predicted molar refractivity (Wildman–Crippen MR) is 69.1 cm³/mol. The standard InChI is InChI=1S/C14H21NO2/c1-2-3-4-5-9-12-14(16)15(17)13-10-7-6-8-11-13/h6-8,10-11,17H,2-5,9,12H2,1H3. The number of rotatable bonds is 7. The van der Waals surface area contributed by atoms with Crippen molar-refractivity contribution in [3.63, 3.8) is 0 Å². The van der Waals surface area contributed by atoms with Gasteiger partial charge in [-0.3, -0.25) is 10.0 Å². The van der Waals surface area contributed by atoms with Crippen molar-refractivity contribution in [3.8, 4) is 0 Å². The van der Waals surface area contributed by atoms with Gasteiger partial charge in [0.2, 0.25) is 0 Å². The van der Waals surface area contributed by atoms with E-state index in [1.54, 1.807) is 24.3 Å². The van der Waals surface area contributed by atoms with Crippen molar-refractivity contribution in [2.75, 3.05) is 5.06 Å². The van der Waals surface area contributed by atoms with Gasteiger partial charge in [-0.05, 0) is 18.6 Å². The number of unbranched alkanes of at least 4 members (excludes halogenated alkanes) is 4. The van der Waals surface area contributed by atoms with Crippen LogP contribution in [0.5, 0.6) is 0 Å². The maximum atomic E-state index is 11.7. The average Bonchev–Trinajstić information content (AvgIpc) is 2.38. The number of hydrogen-bond acceptors (Lipinski definition) is 2. The number of carbonyl (C=O) groups is 1. The first-order valence-electron chi connectivity index (χ1n) is 6.32. The molecule has 0 saturated heterocycles. The monoisotopic (exact) mass is 235 g/mol. The molecule has 0 aromatic heterocycles. The summed E-state index contributed by atoms with van der Waals surface area (Å²) in [5.41, 5.74) is 0.533. The lowest BCUT2D eigenvalue weighted by molar-refractivity contribution is -0.123. The fourth-order valence-electron chi connectivity index (χ4n) is 1.70. The Balaban J connectivity index is 2.28. The molecule has 3 heteroatoms. The molecule has 0 unspecified atom stereocenters. The smallest absolute Gasteiger partial charge is 0.250 e. The molecule has 0 aliphatic carbocycles. The van der Waals surface area contributed by atoms with Crippen LogP contribution >= 0.6 is 0 Å². The van der Waals surface area contributed by atoms with E-state index in [0.29, 0.717) is 12.1 Å². The second-order valence-electron chi connectivity index (χ2n) is 4.21. The highest BCUT2D eigenvalue weighted by Crippen LogP contribution is 2.13. The number of anilines is 1. The molecule has 3 nitrogen and oxygen atoms in total. The van der Waals surface area contributed by atoms with E-state index in [2.05, 4.69) is 6.92 Å². The first-order valence-corrected chi connectivity index (χ1v) is 6.32. The molecule has 0 heterocycles. The molecule has 94 valence electrons. The topological polar surface area (TPSA) is 40.5 Å². The first-order chi connectivity index (χ1) is 8.25. The van der Waals surface area contributed by atoms with E-state index in [4.69, 9.17) is 0 Å². The average molecular weight is 235 g/mol. The van der Waals surface area contributed by atoms with E-state index >= 15 is 0 Å². The lowest BCUT2D eigenvalue weighted by Gasteiger charge is -2.14. The lowest BCUT2D eigenvalue weighted by atomic mass is 10.1. The van der Waals surface area contributed by atoms with Crippen LogP contribution < -0.4 is 5.06 Å². The van der Waals surface area contributed by atoms with Gasteiger partial charge >= 0.3 is 0 Å². The number of amides is 1. The van der Waals surface area contributed by atoms with Crippen molar-refractivity contribution >= 4 is 11.6 Å². The minimum absolute atomic E-state index is 0.229. The van der Waals surface area contributed by atoms with Crippen molar-refractivity contribution in [1.29, 1.82) is 0 Å². The Kier molecular flexibility index (Phi) is 6.33. The predicted octanol–water partition coefficient (Wildman–Crippen LogP) is 3.77. The van der Waals surface area contributed by atoms with Gasteiger partial charge in [0.15, 0.2) is 0 Å². The highest BCUT2D eigenvalue weighted by Gasteiger charge is 2.11. The highest BCUT2D eigenvalue weighted by molar-refractivity contribution is 5.90. The molecular weight excluding hydrogens is 214 g/mol. The summed E-state index contributed by atoms with van der Waals surface area (Å²) in [6, 6.07) is 8.89. The number of hydrogen-bond donors (Lipinski definition) is 1. The maximum Gasteiger partial charge on any atom is 0.250 e. The summed E-state index contributed by atoms with van der Waals surface area (Å²) in [5.74, 6) is -0.229. The van der Waals surface area contributed by atoms with Gasteiger partial charge < -0.3 is 0 Å². The normalized spacial score (nSPS) is 10.2. The lowest BCUT2D eigenvalue weighted by Crippen LogP contribution is -2.26. The molecule has 0 radical (unpaired) electrons. The number of nitrogens with zero attached hydrogens (tertiary/aromatic N) is 1. The van der Waals surface area contributed by atoms with Gasteiger partial charge in [0.05, 0.1) is 5.69 Å². The van der Waals surface area contributed by atoms with Gasteiger partial charge in [0.25, 0.3) is 5.91 Å². The highest BCUT2D eigenvalue weighted by atomic mass is 16.5. The fraction of sp³-hybridized carbons (Fsp3) is 0.500. The minimum atomic E-state index is -0.229. The number of para-hydroxylation sites is 1. The maximum absolute atomic E-state index is 11.7. The summed E-state index contributed by atoms with van der Waals surface area (Å²) in [4.78, 5) is 11.7. The minimum Gasteiger partial charge on any atom is -0.281 e. The van der Waals surface area contributed by atoms with Gasteiger partial charge in [-0.25, -0.2) is 0 Å². The van der Waals surface area contributed by atoms with E-state index < -0.39 is 0 Å². The van der Waals surface area contributed by atoms with Crippen molar-refractivity contribution in [3.05, 3.63) is 30.3 Å². The zero-order valence-corrected chi connectivity index (χ0v) is 10.4. The van der Waals surface area contributed by atoms with Crippen LogP contribution in [0.2, 0.25) is 0 Å². The summed E-state index contributed by atoms with van der Waals surface area (Å²) in [5, 5.41) is 10.4. The Labute approximate surface area is 103 Å². The Morgan fingerprint density at radius 1 is 1.12 bits per heavy atom. The molecular formula is C14H21NO2. The molecule has 1 aromatic rings. The number of benzene rings is 1. The Morgan fingerprint density at radius 3 is 2.41 bits per heavy atom. The number of carbonyl (C=O) groups excluding carboxylic acids is 1. The fourth-order valence-corrected chi connectivity index (χ4v) is 1.70. The molecule has 0 bridgehead atoms. The van der Waals surface area contributed by atoms with E-state index in [1.165, 1.54) is 19.3 Å². The van der Waals surface area contributed by atoms with Crippen LogP contribution in [0.4, 0.5) is 5.69 Å². The molecule has 1 amide bonds. The van der Waals surface area contributed by atoms with Gasteiger partial charge in [-0.15, -0.1) is 0 Å². The van der Waals surface area contributed by atoms with Crippen molar-refractivity contribution in [2.45, 2.75) is 45.4 Å². The van der Waals surface area contributed by atoms with Crippen LogP contribution in [0, 0.1) is 0 Å². The van der Waals surface area contributed by atoms with E-state index in [-0.39, 0.29) is 5.91 Å². The molecule has 0 fully saturated rings. The Morgan fingerprint density at radius 2 is 1.76 bits per heavy atom. The second kappa shape index (κ2) is 7.85. The van der Waals surface area contributed by atoms with Crippen molar-refractivity contribution in [2.24, 2.45) is 0 Å². The third-order valence-corrected chi connectivity index (χ3v) is 2.73. The second-order valence-corrected chi connectivity index (χ2v) is 4.21. The molecule has 0 saturated carbocycles. The van der Waals surface area contributed by atoms with Crippen LogP contribution in [-0.2, 0) is 4.79 Å². The van der Waals surface area contributed by atoms with E-state index in [0.717, 1.165) is 17.9 Å². The Hall–Kier alpha value is -1.35. The van der Waals surface area contributed by atoms with Crippen LogP contribution in [0.15, 0.2) is 30.3 Å². The molecule has 0 aliphatic heterocycles. The van der Waals surface area contributed by atoms with Crippen LogP contribution in [-0.4, -0.2) is 11.1 Å². The van der Waals surface area contributed by atoms with Crippen LogP contribution in [0.1, 0.15) is 45.4 Å². The molecule has 0 spiro atoms. The summed E-state index contributed by atoms with van der Waals surface area (Å²) >= 11 is 0.